The molecule has 19 aromatic rings. The first-order chi connectivity index (χ1) is 44.1. The Morgan fingerprint density at radius 3 is 1.01 bits per heavy atom. The number of fused-ring (bicyclic) bond motifs is 15. The average Bonchev–Trinajstić information content (AvgIpc) is 1.63. The van der Waals surface area contributed by atoms with Crippen LogP contribution in [0.25, 0.3) is 177 Å². The van der Waals surface area contributed by atoms with Gasteiger partial charge in [-0.1, -0.05) is 176 Å². The van der Waals surface area contributed by atoms with Crippen molar-refractivity contribution in [3.05, 3.63) is 303 Å². The standard InChI is InChI=1S/C82H50N6O/c1-6-20-51(21-7-1)70-50-71(52-22-8-2-9-23-52)84-82(83-70)88-76-40-36-54(44-64(76)66-47-77-65(46-79(66)88)60-30-16-18-32-72(60)86(77)58-26-12-4-13-27-58)53-34-38-74-62(42-53)63-43-55(35-39-75(63)85(74)57-24-10-3-11-25-57)56-37-41-80-68(45-56)69-48-78-67(49-81(69)89-80)61-31-17-19-33-73(61)87(78)59-28-14-5-15-29-59/h1-50H. The smallest absolute Gasteiger partial charge is 0.235 e. The van der Waals surface area contributed by atoms with Crippen molar-refractivity contribution in [2.45, 2.75) is 0 Å². The van der Waals surface area contributed by atoms with Gasteiger partial charge < -0.3 is 18.1 Å². The highest BCUT2D eigenvalue weighted by Gasteiger charge is 2.24. The fourth-order valence-corrected chi connectivity index (χ4v) is 14.3. The maximum absolute atomic E-state index is 6.70. The third kappa shape index (κ3) is 7.59. The predicted octanol–water partition coefficient (Wildman–Crippen LogP) is 21.4. The van der Waals surface area contributed by atoms with Gasteiger partial charge in [-0.25, -0.2) is 9.97 Å². The summed E-state index contributed by atoms with van der Waals surface area (Å²) in [5.41, 5.74) is 22.3. The van der Waals surface area contributed by atoms with Gasteiger partial charge in [-0.05, 0) is 150 Å². The molecule has 89 heavy (non-hydrogen) atoms. The van der Waals surface area contributed by atoms with Crippen LogP contribution in [0.15, 0.2) is 308 Å². The van der Waals surface area contributed by atoms with Gasteiger partial charge in [0.1, 0.15) is 11.2 Å². The molecular weight excluding hydrogens is 1080 g/mol. The molecule has 0 saturated carbocycles. The molecule has 19 rings (SSSR count). The van der Waals surface area contributed by atoms with E-state index in [1.807, 2.05) is 0 Å². The van der Waals surface area contributed by atoms with Crippen LogP contribution in [0, 0.1) is 0 Å². The van der Waals surface area contributed by atoms with Crippen LogP contribution in [-0.2, 0) is 0 Å². The second kappa shape index (κ2) is 19.2. The molecule has 0 radical (unpaired) electrons. The molecule has 0 N–H and O–H groups in total. The van der Waals surface area contributed by atoms with Crippen LogP contribution in [-0.4, -0.2) is 28.2 Å². The summed E-state index contributed by atoms with van der Waals surface area (Å²) in [7, 11) is 0. The summed E-state index contributed by atoms with van der Waals surface area (Å²) in [6.45, 7) is 0. The van der Waals surface area contributed by atoms with Crippen molar-refractivity contribution in [3.8, 4) is 67.8 Å². The van der Waals surface area contributed by atoms with Crippen molar-refractivity contribution in [2.24, 2.45) is 0 Å². The Labute approximate surface area is 510 Å². The van der Waals surface area contributed by atoms with E-state index in [0.717, 1.165) is 139 Å². The minimum atomic E-state index is 0.611. The van der Waals surface area contributed by atoms with E-state index in [2.05, 4.69) is 322 Å². The molecule has 7 heteroatoms. The van der Waals surface area contributed by atoms with Crippen molar-refractivity contribution in [1.29, 1.82) is 0 Å². The van der Waals surface area contributed by atoms with E-state index in [-0.39, 0.29) is 0 Å². The molecule has 0 spiro atoms. The fraction of sp³-hybridized carbons (Fsp3) is 0. The summed E-state index contributed by atoms with van der Waals surface area (Å²) in [4.78, 5) is 10.9. The molecule has 0 bridgehead atoms. The topological polar surface area (TPSA) is 58.6 Å². The van der Waals surface area contributed by atoms with E-state index in [1.165, 1.54) is 32.4 Å². The molecule has 0 amide bonds. The van der Waals surface area contributed by atoms with E-state index in [4.69, 9.17) is 14.4 Å². The van der Waals surface area contributed by atoms with Crippen LogP contribution >= 0.6 is 0 Å². The van der Waals surface area contributed by atoms with Gasteiger partial charge in [0.05, 0.1) is 55.5 Å². The lowest BCUT2D eigenvalue weighted by molar-refractivity contribution is 0.669. The average molecular weight is 1140 g/mol. The fourth-order valence-electron chi connectivity index (χ4n) is 14.3. The maximum atomic E-state index is 6.70. The Balaban J connectivity index is 0.815. The number of hydrogen-bond acceptors (Lipinski definition) is 3. The molecule has 7 nitrogen and oxygen atoms in total. The van der Waals surface area contributed by atoms with Crippen LogP contribution in [0.4, 0.5) is 0 Å². The lowest BCUT2D eigenvalue weighted by atomic mass is 9.98. The van der Waals surface area contributed by atoms with Gasteiger partial charge in [-0.2, -0.15) is 0 Å². The van der Waals surface area contributed by atoms with Crippen LogP contribution < -0.4 is 0 Å². The quantitative estimate of drug-likeness (QED) is 0.152. The first-order valence-electron chi connectivity index (χ1n) is 30.3. The zero-order valence-electron chi connectivity index (χ0n) is 48.0. The van der Waals surface area contributed by atoms with Crippen molar-refractivity contribution < 1.29 is 4.42 Å². The Hall–Kier alpha value is -12.1. The van der Waals surface area contributed by atoms with Crippen LogP contribution in [0.5, 0.6) is 0 Å². The normalized spacial score (nSPS) is 12.0. The Morgan fingerprint density at radius 2 is 0.528 bits per heavy atom. The van der Waals surface area contributed by atoms with E-state index in [9.17, 15) is 0 Å². The molecule has 0 atom stereocenters. The van der Waals surface area contributed by atoms with Crippen LogP contribution in [0.1, 0.15) is 0 Å². The lowest BCUT2D eigenvalue weighted by Crippen LogP contribution is -2.04. The minimum absolute atomic E-state index is 0.611. The monoisotopic (exact) mass is 1130 g/mol. The Morgan fingerprint density at radius 1 is 0.202 bits per heavy atom. The molecule has 0 aliphatic heterocycles. The second-order valence-corrected chi connectivity index (χ2v) is 23.3. The number of benzene rings is 13. The zero-order valence-corrected chi connectivity index (χ0v) is 48.0. The van der Waals surface area contributed by atoms with Crippen molar-refractivity contribution in [3.63, 3.8) is 0 Å². The van der Waals surface area contributed by atoms with Gasteiger partial charge in [0.15, 0.2) is 0 Å². The summed E-state index contributed by atoms with van der Waals surface area (Å²) in [5.74, 6) is 0.611. The summed E-state index contributed by atoms with van der Waals surface area (Å²) in [6.07, 6.45) is 0. The van der Waals surface area contributed by atoms with E-state index < -0.39 is 0 Å². The predicted molar refractivity (Wildman–Crippen MR) is 368 cm³/mol. The highest BCUT2D eigenvalue weighted by molar-refractivity contribution is 6.21. The first kappa shape index (κ1) is 49.2. The number of nitrogens with zero attached hydrogens (tertiary/aromatic N) is 6. The summed E-state index contributed by atoms with van der Waals surface area (Å²) >= 11 is 0. The van der Waals surface area contributed by atoms with E-state index in [0.29, 0.717) is 5.95 Å². The van der Waals surface area contributed by atoms with Gasteiger partial charge in [0.25, 0.3) is 0 Å². The molecule has 0 aliphatic carbocycles. The summed E-state index contributed by atoms with van der Waals surface area (Å²) in [5, 5.41) is 11.5. The SMILES string of the molecule is c1ccc(-c2cc(-c3ccccc3)nc(-n3c4ccc(-c5ccc6c(c5)c5cc(-c7ccc8oc9cc%10c%11ccccc%11n(-c%11ccccc%11)c%10cc9c8c7)ccc5n6-c5ccccc5)cc4c4cc5c(cc43)c3ccccc3n5-c3ccccc3)n2)cc1. The van der Waals surface area contributed by atoms with Crippen LogP contribution in [0.3, 0.4) is 0 Å². The van der Waals surface area contributed by atoms with Crippen molar-refractivity contribution in [1.82, 2.24) is 28.2 Å². The third-order valence-corrected chi connectivity index (χ3v) is 18.4. The summed E-state index contributed by atoms with van der Waals surface area (Å²) in [6, 6.07) is 109. The van der Waals surface area contributed by atoms with Gasteiger partial charge in [0, 0.05) is 82.1 Å². The lowest BCUT2D eigenvalue weighted by Gasteiger charge is -2.12. The molecular formula is C82H50N6O. The minimum Gasteiger partial charge on any atom is -0.456 e. The number of rotatable bonds is 8. The highest BCUT2D eigenvalue weighted by atomic mass is 16.3. The molecule has 414 valence electrons. The van der Waals surface area contributed by atoms with Gasteiger partial charge in [0.2, 0.25) is 5.95 Å². The molecule has 13 aromatic carbocycles. The van der Waals surface area contributed by atoms with Gasteiger partial charge in [-0.15, -0.1) is 0 Å². The number of furan rings is 1. The van der Waals surface area contributed by atoms with E-state index >= 15 is 0 Å². The number of hydrogen-bond donors (Lipinski definition) is 0. The number of aromatic nitrogens is 6. The van der Waals surface area contributed by atoms with Crippen molar-refractivity contribution in [2.75, 3.05) is 0 Å². The molecule has 6 heterocycles. The van der Waals surface area contributed by atoms with Gasteiger partial charge >= 0.3 is 0 Å². The largest absolute Gasteiger partial charge is 0.456 e. The van der Waals surface area contributed by atoms with Crippen molar-refractivity contribution >= 4 is 109 Å². The molecule has 0 unspecified atom stereocenters. The van der Waals surface area contributed by atoms with Crippen LogP contribution in [0.2, 0.25) is 0 Å². The molecule has 6 aromatic heterocycles. The molecule has 0 fully saturated rings. The summed E-state index contributed by atoms with van der Waals surface area (Å²) < 4.78 is 16.2. The maximum Gasteiger partial charge on any atom is 0.235 e. The van der Waals surface area contributed by atoms with E-state index in [1.54, 1.807) is 0 Å². The Kier molecular flexibility index (Phi) is 10.6. The molecule has 0 saturated heterocycles. The number of para-hydroxylation sites is 5. The third-order valence-electron chi connectivity index (χ3n) is 18.4. The zero-order chi connectivity index (χ0) is 58.3. The van der Waals surface area contributed by atoms with Gasteiger partial charge in [-0.3, -0.25) is 4.57 Å². The second-order valence-electron chi connectivity index (χ2n) is 23.3. The Bertz CT molecular complexity index is 6020. The molecule has 0 aliphatic rings. The first-order valence-corrected chi connectivity index (χ1v) is 30.3. The highest BCUT2D eigenvalue weighted by Crippen LogP contribution is 2.45.